The van der Waals surface area contributed by atoms with Crippen molar-refractivity contribution in [2.45, 2.75) is 33.4 Å². The normalized spacial score (nSPS) is 10.9. The number of carbonyl (C=O) groups excluding carboxylic acids is 2. The molecule has 128 valence electrons. The van der Waals surface area contributed by atoms with Crippen LogP contribution in [0.25, 0.3) is 10.9 Å². The number of nitrogens with one attached hydrogen (secondary N) is 1. The molecule has 1 heterocycles. The number of nitrogens with zero attached hydrogens (tertiary/aromatic N) is 3. The van der Waals surface area contributed by atoms with Crippen LogP contribution < -0.4 is 10.9 Å². The number of hydrogen-bond donors (Lipinski definition) is 1. The highest BCUT2D eigenvalue weighted by Gasteiger charge is 2.15. The summed E-state index contributed by atoms with van der Waals surface area (Å²) in [4.78, 5) is 42.0. The number of amides is 2. The summed E-state index contributed by atoms with van der Waals surface area (Å²) in [5.74, 6) is -0.565. The van der Waals surface area contributed by atoms with E-state index in [1.165, 1.54) is 22.8 Å². The van der Waals surface area contributed by atoms with E-state index in [1.807, 2.05) is 26.8 Å². The summed E-state index contributed by atoms with van der Waals surface area (Å²) < 4.78 is 1.26. The third-order valence-electron chi connectivity index (χ3n) is 3.62. The molecular weight excluding hydrogens is 308 g/mol. The lowest BCUT2D eigenvalue weighted by molar-refractivity contribution is -0.135. The van der Waals surface area contributed by atoms with Gasteiger partial charge in [0.1, 0.15) is 6.54 Å². The molecular formula is C17H22N4O3. The highest BCUT2D eigenvalue weighted by atomic mass is 16.2. The Kier molecular flexibility index (Phi) is 5.33. The highest BCUT2D eigenvalue weighted by molar-refractivity contribution is 5.85. The van der Waals surface area contributed by atoms with E-state index in [2.05, 4.69) is 10.3 Å². The van der Waals surface area contributed by atoms with Gasteiger partial charge in [0, 0.05) is 13.1 Å². The van der Waals surface area contributed by atoms with Crippen LogP contribution in [0, 0.1) is 6.92 Å². The number of hydrogen-bond acceptors (Lipinski definition) is 4. The van der Waals surface area contributed by atoms with Crippen LogP contribution in [0.2, 0.25) is 0 Å². The molecule has 1 aromatic heterocycles. The van der Waals surface area contributed by atoms with Gasteiger partial charge in [-0.2, -0.15) is 0 Å². The quantitative estimate of drug-likeness (QED) is 0.874. The van der Waals surface area contributed by atoms with E-state index in [0.717, 1.165) is 5.56 Å². The summed E-state index contributed by atoms with van der Waals surface area (Å²) in [6.07, 6.45) is 1.37. The zero-order valence-electron chi connectivity index (χ0n) is 14.4. The molecule has 0 radical (unpaired) electrons. The van der Waals surface area contributed by atoms with Crippen molar-refractivity contribution in [1.82, 2.24) is 19.8 Å². The molecule has 2 rings (SSSR count). The minimum absolute atomic E-state index is 0.0107. The average Bonchev–Trinajstić information content (AvgIpc) is 2.49. The zero-order valence-corrected chi connectivity index (χ0v) is 14.4. The van der Waals surface area contributed by atoms with E-state index < -0.39 is 0 Å². The van der Waals surface area contributed by atoms with Gasteiger partial charge >= 0.3 is 0 Å². The van der Waals surface area contributed by atoms with Gasteiger partial charge in [-0.1, -0.05) is 12.1 Å². The first kappa shape index (κ1) is 17.7. The van der Waals surface area contributed by atoms with Crippen molar-refractivity contribution in [2.75, 3.05) is 13.6 Å². The van der Waals surface area contributed by atoms with Crippen LogP contribution in [0.3, 0.4) is 0 Å². The molecule has 2 aromatic rings. The molecule has 1 N–H and O–H groups in total. The molecule has 2 amide bonds. The monoisotopic (exact) mass is 330 g/mol. The van der Waals surface area contributed by atoms with Crippen molar-refractivity contribution in [3.8, 4) is 0 Å². The standard InChI is InChI=1S/C17H22N4O3/c1-11(2)19-14(22)8-20(4)15(23)9-21-10-18-16-12(3)6-5-7-13(16)17(21)24/h5-7,10-11H,8-9H2,1-4H3,(H,19,22). The van der Waals surface area contributed by atoms with Crippen molar-refractivity contribution in [3.63, 3.8) is 0 Å². The average molecular weight is 330 g/mol. The number of aryl methyl sites for hydroxylation is 1. The second-order valence-corrected chi connectivity index (χ2v) is 6.12. The number of benzene rings is 1. The maximum absolute atomic E-state index is 12.5. The fraction of sp³-hybridized carbons (Fsp3) is 0.412. The molecule has 7 heteroatoms. The van der Waals surface area contributed by atoms with E-state index in [1.54, 1.807) is 12.1 Å². The molecule has 0 aliphatic rings. The predicted octanol–water partition coefficient (Wildman–Crippen LogP) is 0.688. The fourth-order valence-corrected chi connectivity index (χ4v) is 2.39. The molecule has 0 fully saturated rings. The first-order valence-electron chi connectivity index (χ1n) is 7.77. The van der Waals surface area contributed by atoms with Crippen LogP contribution >= 0.6 is 0 Å². The zero-order chi connectivity index (χ0) is 17.9. The van der Waals surface area contributed by atoms with Gasteiger partial charge in [-0.15, -0.1) is 0 Å². The number of fused-ring (bicyclic) bond motifs is 1. The first-order chi connectivity index (χ1) is 11.3. The molecule has 7 nitrogen and oxygen atoms in total. The van der Waals surface area contributed by atoms with E-state index in [-0.39, 0.29) is 36.5 Å². The van der Waals surface area contributed by atoms with Gasteiger partial charge in [-0.25, -0.2) is 4.98 Å². The molecule has 0 spiro atoms. The Morgan fingerprint density at radius 1 is 1.33 bits per heavy atom. The van der Waals surface area contributed by atoms with E-state index >= 15 is 0 Å². The fourth-order valence-electron chi connectivity index (χ4n) is 2.39. The van der Waals surface area contributed by atoms with Crippen LogP contribution in [0.15, 0.2) is 29.3 Å². The summed E-state index contributed by atoms with van der Waals surface area (Å²) >= 11 is 0. The van der Waals surface area contributed by atoms with Crippen LogP contribution in [-0.2, 0) is 16.1 Å². The number of aromatic nitrogens is 2. The lowest BCUT2D eigenvalue weighted by Crippen LogP contribution is -2.42. The first-order valence-corrected chi connectivity index (χ1v) is 7.77. The molecule has 0 saturated heterocycles. The summed E-state index contributed by atoms with van der Waals surface area (Å²) in [7, 11) is 1.53. The molecule has 0 aliphatic carbocycles. The van der Waals surface area contributed by atoms with E-state index in [9.17, 15) is 14.4 Å². The Hall–Kier alpha value is -2.70. The minimum Gasteiger partial charge on any atom is -0.352 e. The topological polar surface area (TPSA) is 84.3 Å². The van der Waals surface area contributed by atoms with Gasteiger partial charge < -0.3 is 10.2 Å². The number of likely N-dealkylation sites (N-methyl/N-ethyl adjacent to an activating group) is 1. The Morgan fingerprint density at radius 3 is 2.71 bits per heavy atom. The third-order valence-corrected chi connectivity index (χ3v) is 3.62. The Balaban J connectivity index is 2.15. The largest absolute Gasteiger partial charge is 0.352 e. The smallest absolute Gasteiger partial charge is 0.261 e. The number of carbonyl (C=O) groups is 2. The highest BCUT2D eigenvalue weighted by Crippen LogP contribution is 2.11. The summed E-state index contributed by atoms with van der Waals surface area (Å²) in [6, 6.07) is 5.37. The molecule has 0 unspecified atom stereocenters. The Morgan fingerprint density at radius 2 is 2.04 bits per heavy atom. The van der Waals surface area contributed by atoms with Gasteiger partial charge in [0.05, 0.1) is 23.8 Å². The van der Waals surface area contributed by atoms with Gasteiger partial charge in [-0.05, 0) is 32.4 Å². The maximum atomic E-state index is 12.5. The maximum Gasteiger partial charge on any atom is 0.261 e. The van der Waals surface area contributed by atoms with Gasteiger partial charge in [0.25, 0.3) is 5.56 Å². The van der Waals surface area contributed by atoms with Gasteiger partial charge in [0.2, 0.25) is 11.8 Å². The van der Waals surface area contributed by atoms with Crippen molar-refractivity contribution >= 4 is 22.7 Å². The summed E-state index contributed by atoms with van der Waals surface area (Å²) in [6.45, 7) is 5.38. The molecule has 24 heavy (non-hydrogen) atoms. The molecule has 0 aliphatic heterocycles. The minimum atomic E-state index is -0.329. The second-order valence-electron chi connectivity index (χ2n) is 6.12. The lowest BCUT2D eigenvalue weighted by atomic mass is 10.1. The Labute approximate surface area is 140 Å². The molecule has 0 bridgehead atoms. The Bertz CT molecular complexity index is 826. The number of para-hydroxylation sites is 1. The van der Waals surface area contributed by atoms with Gasteiger partial charge in [0.15, 0.2) is 0 Å². The van der Waals surface area contributed by atoms with Crippen LogP contribution in [0.5, 0.6) is 0 Å². The van der Waals surface area contributed by atoms with Crippen molar-refractivity contribution < 1.29 is 9.59 Å². The van der Waals surface area contributed by atoms with E-state index in [4.69, 9.17) is 0 Å². The molecule has 1 aromatic carbocycles. The van der Waals surface area contributed by atoms with Crippen LogP contribution in [-0.4, -0.2) is 45.9 Å². The number of rotatable bonds is 5. The van der Waals surface area contributed by atoms with Crippen molar-refractivity contribution in [2.24, 2.45) is 0 Å². The summed E-state index contributed by atoms with van der Waals surface area (Å²) in [5.41, 5.74) is 1.28. The predicted molar refractivity (Wildman–Crippen MR) is 91.7 cm³/mol. The van der Waals surface area contributed by atoms with Crippen molar-refractivity contribution in [1.29, 1.82) is 0 Å². The van der Waals surface area contributed by atoms with Crippen LogP contribution in [0.4, 0.5) is 0 Å². The van der Waals surface area contributed by atoms with Gasteiger partial charge in [-0.3, -0.25) is 19.0 Å². The SMILES string of the molecule is Cc1cccc2c(=O)n(CC(=O)N(C)CC(=O)NC(C)C)cnc12. The second kappa shape index (κ2) is 7.25. The van der Waals surface area contributed by atoms with Crippen LogP contribution in [0.1, 0.15) is 19.4 Å². The molecule has 0 saturated carbocycles. The van der Waals surface area contributed by atoms with Crippen molar-refractivity contribution in [3.05, 3.63) is 40.4 Å². The summed E-state index contributed by atoms with van der Waals surface area (Å²) in [5, 5.41) is 3.20. The third kappa shape index (κ3) is 3.98. The van der Waals surface area contributed by atoms with E-state index in [0.29, 0.717) is 10.9 Å². The molecule has 0 atom stereocenters. The lowest BCUT2D eigenvalue weighted by Gasteiger charge is -2.18.